The van der Waals surface area contributed by atoms with Gasteiger partial charge in [0.15, 0.2) is 0 Å². The summed E-state index contributed by atoms with van der Waals surface area (Å²) in [7, 11) is 1.65. The number of hydrogen-bond acceptors (Lipinski definition) is 5. The number of piperazine rings is 1. The number of carbonyl (C=O) groups is 1. The van der Waals surface area contributed by atoms with E-state index < -0.39 is 23.1 Å². The summed E-state index contributed by atoms with van der Waals surface area (Å²) in [6, 6.07) is 15.0. The molecule has 0 radical (unpaired) electrons. The van der Waals surface area contributed by atoms with E-state index in [9.17, 15) is 13.6 Å². The Hall–Kier alpha value is -2.97. The summed E-state index contributed by atoms with van der Waals surface area (Å²) in [6.45, 7) is 5.14. The highest BCUT2D eigenvalue weighted by Crippen LogP contribution is 2.31. The molecule has 33 heavy (non-hydrogen) atoms. The number of halogens is 2. The van der Waals surface area contributed by atoms with Crippen molar-refractivity contribution >= 4 is 22.9 Å². The Morgan fingerprint density at radius 1 is 1.00 bits per heavy atom. The van der Waals surface area contributed by atoms with Crippen LogP contribution in [-0.4, -0.2) is 50.1 Å². The summed E-state index contributed by atoms with van der Waals surface area (Å²) in [4.78, 5) is 18.5. The summed E-state index contributed by atoms with van der Waals surface area (Å²) in [5.74, 6) is -1.64. The van der Waals surface area contributed by atoms with Gasteiger partial charge in [0.2, 0.25) is 0 Å². The Labute approximate surface area is 196 Å². The fraction of sp³-hybridized carbons (Fsp3) is 0.320. The van der Waals surface area contributed by atoms with E-state index in [0.717, 1.165) is 54.6 Å². The highest BCUT2D eigenvalue weighted by Gasteiger charge is 2.32. The maximum atomic E-state index is 14.1. The van der Waals surface area contributed by atoms with Crippen molar-refractivity contribution in [1.29, 1.82) is 0 Å². The number of amides is 1. The maximum Gasteiger partial charge on any atom is 0.257 e. The van der Waals surface area contributed by atoms with Crippen LogP contribution in [0, 0.1) is 11.6 Å². The predicted molar refractivity (Wildman–Crippen MR) is 127 cm³/mol. The summed E-state index contributed by atoms with van der Waals surface area (Å²) in [5, 5.41) is 4.84. The second kappa shape index (κ2) is 10.3. The van der Waals surface area contributed by atoms with Crippen molar-refractivity contribution in [3.8, 4) is 5.75 Å². The second-order valence-corrected chi connectivity index (χ2v) is 9.02. The molecule has 4 rings (SSSR count). The van der Waals surface area contributed by atoms with Crippen molar-refractivity contribution in [2.24, 2.45) is 0 Å². The van der Waals surface area contributed by atoms with E-state index in [1.165, 1.54) is 6.07 Å². The molecule has 8 heteroatoms. The SMILES string of the molecule is COc1ccc(N2CCN([C@H](c3cccs3)[C@H](C)NC(=O)c3c(F)cccc3F)CC2)cc1. The molecule has 0 bridgehead atoms. The minimum absolute atomic E-state index is 0.0956. The van der Waals surface area contributed by atoms with Crippen LogP contribution in [0.5, 0.6) is 5.75 Å². The minimum atomic E-state index is -0.861. The van der Waals surface area contributed by atoms with Crippen LogP contribution in [-0.2, 0) is 0 Å². The van der Waals surface area contributed by atoms with Crippen LogP contribution in [0.25, 0.3) is 0 Å². The number of carbonyl (C=O) groups excluding carboxylic acids is 1. The highest BCUT2D eigenvalue weighted by molar-refractivity contribution is 7.10. The zero-order chi connectivity index (χ0) is 23.4. The van der Waals surface area contributed by atoms with Gasteiger partial charge in [-0.25, -0.2) is 8.78 Å². The van der Waals surface area contributed by atoms with Crippen LogP contribution in [0.4, 0.5) is 14.5 Å². The topological polar surface area (TPSA) is 44.8 Å². The van der Waals surface area contributed by atoms with Crippen molar-refractivity contribution in [1.82, 2.24) is 10.2 Å². The molecule has 0 saturated carbocycles. The van der Waals surface area contributed by atoms with Crippen LogP contribution in [0.1, 0.15) is 28.2 Å². The van der Waals surface area contributed by atoms with E-state index in [0.29, 0.717) is 0 Å². The largest absolute Gasteiger partial charge is 0.497 e. The van der Waals surface area contributed by atoms with Gasteiger partial charge in [0.05, 0.1) is 13.2 Å². The lowest BCUT2D eigenvalue weighted by Gasteiger charge is -2.42. The monoisotopic (exact) mass is 471 g/mol. The van der Waals surface area contributed by atoms with Crippen LogP contribution in [0.3, 0.4) is 0 Å². The van der Waals surface area contributed by atoms with E-state index in [4.69, 9.17) is 4.74 Å². The standard InChI is InChI=1S/C25H27F2N3O2S/c1-17(28-25(31)23-20(26)5-3-6-21(23)27)24(22-7-4-16-33-22)30-14-12-29(13-15-30)18-8-10-19(32-2)11-9-18/h3-11,16-17,24H,12-15H2,1-2H3,(H,28,31)/t17-,24-/m0/s1. The van der Waals surface area contributed by atoms with E-state index in [-0.39, 0.29) is 12.1 Å². The molecule has 1 aliphatic heterocycles. The number of anilines is 1. The lowest BCUT2D eigenvalue weighted by molar-refractivity contribution is 0.0882. The van der Waals surface area contributed by atoms with Crippen molar-refractivity contribution in [2.75, 3.05) is 38.2 Å². The van der Waals surface area contributed by atoms with Crippen molar-refractivity contribution in [3.63, 3.8) is 0 Å². The third-order valence-electron chi connectivity index (χ3n) is 6.00. The molecule has 0 aliphatic carbocycles. The van der Waals surface area contributed by atoms with Crippen molar-refractivity contribution < 1.29 is 18.3 Å². The lowest BCUT2D eigenvalue weighted by atomic mass is 10.0. The molecule has 1 aliphatic rings. The fourth-order valence-electron chi connectivity index (χ4n) is 4.33. The summed E-state index contributed by atoms with van der Waals surface area (Å²) in [6.07, 6.45) is 0. The first kappa shape index (κ1) is 23.2. The predicted octanol–water partition coefficient (Wildman–Crippen LogP) is 4.72. The molecule has 1 amide bonds. The first-order valence-corrected chi connectivity index (χ1v) is 11.8. The fourth-order valence-corrected chi connectivity index (χ4v) is 5.29. The molecule has 2 heterocycles. The molecule has 0 spiro atoms. The highest BCUT2D eigenvalue weighted by atomic mass is 32.1. The van der Waals surface area contributed by atoms with Gasteiger partial charge in [0, 0.05) is 42.8 Å². The number of ether oxygens (including phenoxy) is 1. The van der Waals surface area contributed by atoms with Crippen molar-refractivity contribution in [3.05, 3.63) is 82.1 Å². The Morgan fingerprint density at radius 3 is 2.24 bits per heavy atom. The second-order valence-electron chi connectivity index (χ2n) is 8.04. The molecule has 1 fully saturated rings. The van der Waals surface area contributed by atoms with Crippen LogP contribution in [0.2, 0.25) is 0 Å². The Morgan fingerprint density at radius 2 is 1.67 bits per heavy atom. The Balaban J connectivity index is 1.47. The van der Waals surface area contributed by atoms with Gasteiger partial charge in [-0.1, -0.05) is 12.1 Å². The first-order chi connectivity index (χ1) is 16.0. The number of thiophene rings is 1. The number of nitrogens with one attached hydrogen (secondary N) is 1. The molecule has 2 aromatic carbocycles. The van der Waals surface area contributed by atoms with Crippen molar-refractivity contribution in [2.45, 2.75) is 19.0 Å². The Bertz CT molecular complexity index is 1050. The third-order valence-corrected chi connectivity index (χ3v) is 6.95. The average molecular weight is 472 g/mol. The van der Waals surface area contributed by atoms with Gasteiger partial charge in [-0.15, -0.1) is 11.3 Å². The van der Waals surface area contributed by atoms with Gasteiger partial charge in [-0.2, -0.15) is 0 Å². The first-order valence-electron chi connectivity index (χ1n) is 10.9. The molecule has 174 valence electrons. The van der Waals surface area contributed by atoms with E-state index >= 15 is 0 Å². The van der Waals surface area contributed by atoms with E-state index in [2.05, 4.69) is 27.2 Å². The normalized spacial score (nSPS) is 16.3. The number of methoxy groups -OCH3 is 1. The van der Waals surface area contributed by atoms with Gasteiger partial charge in [-0.05, 0) is 54.8 Å². The molecule has 1 N–H and O–H groups in total. The number of hydrogen-bond donors (Lipinski definition) is 1. The number of rotatable bonds is 7. The van der Waals surface area contributed by atoms with E-state index in [1.54, 1.807) is 18.4 Å². The molecule has 3 aromatic rings. The smallest absolute Gasteiger partial charge is 0.257 e. The number of nitrogens with zero attached hydrogens (tertiary/aromatic N) is 2. The molecule has 0 unspecified atom stereocenters. The zero-order valence-corrected chi connectivity index (χ0v) is 19.4. The molecule has 2 atom stereocenters. The molecular weight excluding hydrogens is 444 g/mol. The third kappa shape index (κ3) is 5.17. The van der Waals surface area contributed by atoms with Crippen LogP contribution in [0.15, 0.2) is 60.0 Å². The van der Waals surface area contributed by atoms with Gasteiger partial charge in [0.25, 0.3) is 5.91 Å². The quantitative estimate of drug-likeness (QED) is 0.542. The van der Waals surface area contributed by atoms with E-state index in [1.807, 2.05) is 36.6 Å². The zero-order valence-electron chi connectivity index (χ0n) is 18.6. The Kier molecular flexibility index (Phi) is 7.25. The van der Waals surface area contributed by atoms with Gasteiger partial charge in [0.1, 0.15) is 22.9 Å². The van der Waals surface area contributed by atoms with Gasteiger partial charge < -0.3 is 15.0 Å². The average Bonchev–Trinajstić information content (AvgIpc) is 3.34. The molecule has 5 nitrogen and oxygen atoms in total. The van der Waals surface area contributed by atoms with Crippen LogP contribution < -0.4 is 15.0 Å². The minimum Gasteiger partial charge on any atom is -0.497 e. The molecule has 1 saturated heterocycles. The van der Waals surface area contributed by atoms with Gasteiger partial charge >= 0.3 is 0 Å². The number of benzene rings is 2. The summed E-state index contributed by atoms with van der Waals surface area (Å²) < 4.78 is 33.5. The van der Waals surface area contributed by atoms with Gasteiger partial charge in [-0.3, -0.25) is 9.69 Å². The van der Waals surface area contributed by atoms with Crippen LogP contribution >= 0.6 is 11.3 Å². The summed E-state index contributed by atoms with van der Waals surface area (Å²) in [5.41, 5.74) is 0.595. The molecular formula is C25H27F2N3O2S. The molecule has 1 aromatic heterocycles. The summed E-state index contributed by atoms with van der Waals surface area (Å²) >= 11 is 1.61. The maximum absolute atomic E-state index is 14.1. The lowest BCUT2D eigenvalue weighted by Crippen LogP contribution is -2.52.